The van der Waals surface area contributed by atoms with Gasteiger partial charge in [0.15, 0.2) is 11.5 Å². The third-order valence-corrected chi connectivity index (χ3v) is 8.51. The molecule has 9 heteroatoms. The Kier molecular flexibility index (Phi) is 8.77. The number of thioether (sulfide) groups is 1. The SMILES string of the molecule is Cc1ccc(CSCCCNC(=O)CN(c2ccc3c(c2)OCCO3)S(=O)(=O)c2ccccc2)cc1. The molecule has 7 nitrogen and oxygen atoms in total. The molecule has 36 heavy (non-hydrogen) atoms. The molecule has 1 heterocycles. The van der Waals surface area contributed by atoms with Crippen LogP contribution in [0, 0.1) is 6.92 Å². The van der Waals surface area contributed by atoms with Gasteiger partial charge in [-0.25, -0.2) is 8.42 Å². The molecule has 1 aliphatic rings. The van der Waals surface area contributed by atoms with Crippen molar-refractivity contribution in [2.24, 2.45) is 0 Å². The standard InChI is InChI=1S/C27H30N2O5S2/c1-21-8-10-22(11-9-21)20-35-17-5-14-28-27(30)19-29(36(31,32)24-6-3-2-4-7-24)23-12-13-25-26(18-23)34-16-15-33-25/h2-4,6-13,18H,5,14-17,19-20H2,1H3,(H,28,30). The third kappa shape index (κ3) is 6.73. The van der Waals surface area contributed by atoms with Crippen molar-refractivity contribution in [3.8, 4) is 11.5 Å². The zero-order chi connectivity index (χ0) is 25.4. The second-order valence-corrected chi connectivity index (χ2v) is 11.4. The number of nitrogens with one attached hydrogen (secondary N) is 1. The number of nitrogens with zero attached hydrogens (tertiary/aromatic N) is 1. The molecule has 1 amide bonds. The number of sulfonamides is 1. The summed E-state index contributed by atoms with van der Waals surface area (Å²) in [4.78, 5) is 12.9. The fourth-order valence-corrected chi connectivity index (χ4v) is 6.04. The van der Waals surface area contributed by atoms with Crippen LogP contribution in [0.15, 0.2) is 77.7 Å². The molecule has 3 aromatic carbocycles. The van der Waals surface area contributed by atoms with Crippen molar-refractivity contribution in [3.63, 3.8) is 0 Å². The second kappa shape index (κ2) is 12.2. The first-order chi connectivity index (χ1) is 17.4. The number of hydrogen-bond donors (Lipinski definition) is 1. The molecular weight excluding hydrogens is 496 g/mol. The lowest BCUT2D eigenvalue weighted by molar-refractivity contribution is -0.119. The summed E-state index contributed by atoms with van der Waals surface area (Å²) in [6.07, 6.45) is 0.789. The largest absolute Gasteiger partial charge is 0.486 e. The van der Waals surface area contributed by atoms with Crippen LogP contribution in [-0.4, -0.2) is 46.4 Å². The van der Waals surface area contributed by atoms with Crippen molar-refractivity contribution in [3.05, 3.63) is 83.9 Å². The van der Waals surface area contributed by atoms with Crippen LogP contribution in [0.1, 0.15) is 17.5 Å². The van der Waals surface area contributed by atoms with Crippen LogP contribution in [-0.2, 0) is 20.6 Å². The van der Waals surface area contributed by atoms with Crippen molar-refractivity contribution in [1.29, 1.82) is 0 Å². The zero-order valence-electron chi connectivity index (χ0n) is 20.2. The first-order valence-electron chi connectivity index (χ1n) is 11.8. The molecule has 1 N–H and O–H groups in total. The normalized spacial score (nSPS) is 12.7. The van der Waals surface area contributed by atoms with Crippen LogP contribution in [0.5, 0.6) is 11.5 Å². The van der Waals surface area contributed by atoms with Crippen molar-refractivity contribution >= 4 is 33.4 Å². The fraction of sp³-hybridized carbons (Fsp3) is 0.296. The molecule has 0 bridgehead atoms. The Labute approximate surface area is 216 Å². The summed E-state index contributed by atoms with van der Waals surface area (Å²) < 4.78 is 39.3. The van der Waals surface area contributed by atoms with E-state index in [4.69, 9.17) is 9.47 Å². The number of carbonyl (C=O) groups is 1. The van der Waals surface area contributed by atoms with E-state index in [1.807, 2.05) is 0 Å². The number of fused-ring (bicyclic) bond motifs is 1. The lowest BCUT2D eigenvalue weighted by Gasteiger charge is -2.26. The van der Waals surface area contributed by atoms with Crippen LogP contribution in [0.25, 0.3) is 0 Å². The Morgan fingerprint density at radius 2 is 1.69 bits per heavy atom. The van der Waals surface area contributed by atoms with Gasteiger partial charge < -0.3 is 14.8 Å². The maximum atomic E-state index is 13.5. The molecule has 190 valence electrons. The minimum atomic E-state index is -3.98. The summed E-state index contributed by atoms with van der Waals surface area (Å²) in [7, 11) is -3.98. The average Bonchev–Trinajstić information content (AvgIpc) is 2.90. The smallest absolute Gasteiger partial charge is 0.264 e. The van der Waals surface area contributed by atoms with Crippen molar-refractivity contribution in [1.82, 2.24) is 5.32 Å². The van der Waals surface area contributed by atoms with E-state index in [9.17, 15) is 13.2 Å². The summed E-state index contributed by atoms with van der Waals surface area (Å²) in [5, 5.41) is 2.86. The Morgan fingerprint density at radius 1 is 0.972 bits per heavy atom. The van der Waals surface area contributed by atoms with Gasteiger partial charge in [0.05, 0.1) is 10.6 Å². The highest BCUT2D eigenvalue weighted by Gasteiger charge is 2.28. The molecule has 4 rings (SSSR count). The number of aryl methyl sites for hydroxylation is 1. The molecule has 0 fully saturated rings. The zero-order valence-corrected chi connectivity index (χ0v) is 21.8. The number of benzene rings is 3. The van der Waals surface area contributed by atoms with E-state index in [1.165, 1.54) is 23.3 Å². The molecule has 1 aliphatic heterocycles. The summed E-state index contributed by atoms with van der Waals surface area (Å²) in [5.41, 5.74) is 2.86. The van der Waals surface area contributed by atoms with E-state index in [0.29, 0.717) is 36.9 Å². The predicted molar refractivity (Wildman–Crippen MR) is 143 cm³/mol. The lowest BCUT2D eigenvalue weighted by Crippen LogP contribution is -2.41. The monoisotopic (exact) mass is 526 g/mol. The van der Waals surface area contributed by atoms with Gasteiger partial charge in [0.2, 0.25) is 5.91 Å². The summed E-state index contributed by atoms with van der Waals surface area (Å²) in [6.45, 7) is 3.02. The van der Waals surface area contributed by atoms with Crippen LogP contribution in [0.2, 0.25) is 0 Å². The van der Waals surface area contributed by atoms with Gasteiger partial charge >= 0.3 is 0 Å². The van der Waals surface area contributed by atoms with Gasteiger partial charge in [-0.15, -0.1) is 0 Å². The molecular formula is C27H30N2O5S2. The lowest BCUT2D eigenvalue weighted by atomic mass is 10.2. The summed E-state index contributed by atoms with van der Waals surface area (Å²) in [6, 6.07) is 21.5. The Morgan fingerprint density at radius 3 is 2.44 bits per heavy atom. The third-order valence-electron chi connectivity index (χ3n) is 5.61. The summed E-state index contributed by atoms with van der Waals surface area (Å²) in [5.74, 6) is 2.45. The van der Waals surface area contributed by atoms with E-state index in [0.717, 1.165) is 22.2 Å². The highest BCUT2D eigenvalue weighted by molar-refractivity contribution is 7.98. The molecule has 3 aromatic rings. The highest BCUT2D eigenvalue weighted by atomic mass is 32.2. The molecule has 0 aromatic heterocycles. The van der Waals surface area contributed by atoms with Crippen molar-refractivity contribution in [2.75, 3.05) is 36.4 Å². The van der Waals surface area contributed by atoms with Gasteiger partial charge in [-0.3, -0.25) is 9.10 Å². The van der Waals surface area contributed by atoms with Crippen LogP contribution in [0.4, 0.5) is 5.69 Å². The minimum Gasteiger partial charge on any atom is -0.486 e. The van der Waals surface area contributed by atoms with Crippen LogP contribution >= 0.6 is 11.8 Å². The first kappa shape index (κ1) is 25.9. The van der Waals surface area contributed by atoms with Gasteiger partial charge in [-0.2, -0.15) is 11.8 Å². The molecule has 0 saturated carbocycles. The Hall–Kier alpha value is -3.17. The predicted octanol–water partition coefficient (Wildman–Crippen LogP) is 4.40. The maximum absolute atomic E-state index is 13.5. The minimum absolute atomic E-state index is 0.111. The van der Waals surface area contributed by atoms with Gasteiger partial charge in [0, 0.05) is 18.4 Å². The second-order valence-electron chi connectivity index (χ2n) is 8.39. The number of hydrogen-bond acceptors (Lipinski definition) is 6. The van der Waals surface area contributed by atoms with E-state index >= 15 is 0 Å². The molecule has 0 spiro atoms. The molecule has 0 unspecified atom stereocenters. The molecule has 0 saturated heterocycles. The maximum Gasteiger partial charge on any atom is 0.264 e. The number of carbonyl (C=O) groups excluding carboxylic acids is 1. The molecule has 0 atom stereocenters. The Bertz CT molecular complexity index is 1270. The highest BCUT2D eigenvalue weighted by Crippen LogP contribution is 2.35. The number of ether oxygens (including phenoxy) is 2. The number of amides is 1. The summed E-state index contributed by atoms with van der Waals surface area (Å²) >= 11 is 1.81. The Balaban J connectivity index is 1.37. The van der Waals surface area contributed by atoms with Crippen LogP contribution < -0.4 is 19.1 Å². The topological polar surface area (TPSA) is 84.9 Å². The van der Waals surface area contributed by atoms with Gasteiger partial charge in [-0.05, 0) is 48.9 Å². The first-order valence-corrected chi connectivity index (χ1v) is 14.4. The number of rotatable bonds is 11. The van der Waals surface area contributed by atoms with E-state index in [-0.39, 0.29) is 17.3 Å². The van der Waals surface area contributed by atoms with Gasteiger partial charge in [0.25, 0.3) is 10.0 Å². The van der Waals surface area contributed by atoms with Crippen molar-refractivity contribution in [2.45, 2.75) is 24.0 Å². The van der Waals surface area contributed by atoms with E-state index in [2.05, 4.69) is 36.5 Å². The molecule has 0 radical (unpaired) electrons. The van der Waals surface area contributed by atoms with Gasteiger partial charge in [-0.1, -0.05) is 48.0 Å². The van der Waals surface area contributed by atoms with E-state index in [1.54, 1.807) is 48.2 Å². The van der Waals surface area contributed by atoms with Crippen LogP contribution in [0.3, 0.4) is 0 Å². The molecule has 0 aliphatic carbocycles. The van der Waals surface area contributed by atoms with Crippen molar-refractivity contribution < 1.29 is 22.7 Å². The average molecular weight is 527 g/mol. The fourth-order valence-electron chi connectivity index (χ4n) is 3.68. The quantitative estimate of drug-likeness (QED) is 0.373. The van der Waals surface area contributed by atoms with Gasteiger partial charge in [0.1, 0.15) is 19.8 Å². The number of anilines is 1. The van der Waals surface area contributed by atoms with E-state index < -0.39 is 10.0 Å².